The third kappa shape index (κ3) is 11.9. The molecular formula is C59H52O19. The molecule has 4 aliphatic rings. The van der Waals surface area contributed by atoms with Gasteiger partial charge < -0.3 is 61.6 Å². The van der Waals surface area contributed by atoms with Gasteiger partial charge in [0.2, 0.25) is 0 Å². The first kappa shape index (κ1) is 53.3. The predicted octanol–water partition coefficient (Wildman–Crippen LogP) is 6.59. The zero-order chi connectivity index (χ0) is 54.0. The molecule has 19 heteroatoms. The second kappa shape index (κ2) is 24.5. The molecule has 4 aliphatic heterocycles. The Balaban J connectivity index is 0.952. The molecule has 6 aromatic rings. The molecule has 0 amide bonds. The largest absolute Gasteiger partial charge is 0.459 e. The average molecular weight is 1070 g/mol. The van der Waals surface area contributed by atoms with Crippen molar-refractivity contribution in [1.82, 2.24) is 0 Å². The molecule has 6 aromatic carbocycles. The summed E-state index contributed by atoms with van der Waals surface area (Å²) in [6, 6.07) is 48.8. The molecule has 4 fully saturated rings. The topological polar surface area (TPSA) is 222 Å². The van der Waals surface area contributed by atoms with Crippen molar-refractivity contribution in [2.45, 2.75) is 73.3 Å². The van der Waals surface area contributed by atoms with E-state index >= 15 is 0 Å². The first-order valence-corrected chi connectivity index (χ1v) is 25.0. The van der Waals surface area contributed by atoms with E-state index in [2.05, 4.69) is 0 Å². The van der Waals surface area contributed by atoms with Crippen LogP contribution in [0.5, 0.6) is 0 Å². The predicted molar refractivity (Wildman–Crippen MR) is 269 cm³/mol. The molecule has 0 N–H and O–H groups in total. The normalized spacial score (nSPS) is 26.8. The Morgan fingerprint density at radius 3 is 1.09 bits per heavy atom. The molecule has 0 aliphatic carbocycles. The van der Waals surface area contributed by atoms with Crippen molar-refractivity contribution in [3.63, 3.8) is 0 Å². The van der Waals surface area contributed by atoms with E-state index in [1.54, 1.807) is 146 Å². The van der Waals surface area contributed by atoms with Crippen LogP contribution in [-0.2, 0) is 61.6 Å². The van der Waals surface area contributed by atoms with Crippen LogP contribution in [0, 0.1) is 0 Å². The van der Waals surface area contributed by atoms with Crippen molar-refractivity contribution < 1.29 is 90.3 Å². The van der Waals surface area contributed by atoms with Gasteiger partial charge in [-0.2, -0.15) is 0 Å². The first-order chi connectivity index (χ1) is 38.1. The Morgan fingerprint density at radius 2 is 0.744 bits per heavy atom. The Labute approximate surface area is 447 Å². The van der Waals surface area contributed by atoms with Gasteiger partial charge >= 0.3 is 35.8 Å². The summed E-state index contributed by atoms with van der Waals surface area (Å²) in [6.07, 6.45) is -14.7. The van der Waals surface area contributed by atoms with Crippen LogP contribution in [0.3, 0.4) is 0 Å². The Morgan fingerprint density at radius 1 is 0.410 bits per heavy atom. The van der Waals surface area contributed by atoms with E-state index in [0.717, 1.165) is 0 Å². The van der Waals surface area contributed by atoms with Gasteiger partial charge in [-0.05, 0) is 72.8 Å². The van der Waals surface area contributed by atoms with Crippen molar-refractivity contribution in [1.29, 1.82) is 0 Å². The van der Waals surface area contributed by atoms with Gasteiger partial charge in [0, 0.05) is 7.11 Å². The van der Waals surface area contributed by atoms with Gasteiger partial charge in [0.15, 0.2) is 48.9 Å². The molecule has 19 nitrogen and oxygen atoms in total. The van der Waals surface area contributed by atoms with Crippen molar-refractivity contribution in [3.05, 3.63) is 215 Å². The lowest BCUT2D eigenvalue weighted by Crippen LogP contribution is -2.67. The summed E-state index contributed by atoms with van der Waals surface area (Å²) in [6.45, 7) is -1.57. The highest BCUT2D eigenvalue weighted by molar-refractivity contribution is 5.92. The molecule has 4 heterocycles. The maximum absolute atomic E-state index is 14.0. The van der Waals surface area contributed by atoms with Gasteiger partial charge in [-0.15, -0.1) is 0 Å². The van der Waals surface area contributed by atoms with E-state index in [1.165, 1.54) is 43.5 Å². The molecule has 10 rings (SSSR count). The Kier molecular flexibility index (Phi) is 16.7. The van der Waals surface area contributed by atoms with Crippen LogP contribution < -0.4 is 0 Å². The maximum atomic E-state index is 14.0. The quantitative estimate of drug-likeness (QED) is 0.0581. The molecule has 402 valence electrons. The van der Waals surface area contributed by atoms with Gasteiger partial charge in [-0.25, -0.2) is 28.8 Å². The van der Waals surface area contributed by atoms with Crippen molar-refractivity contribution in [2.24, 2.45) is 0 Å². The Hall–Kier alpha value is -8.14. The number of rotatable bonds is 20. The number of fused-ring (bicyclic) bond motifs is 1. The molecule has 78 heavy (non-hydrogen) atoms. The average Bonchev–Trinajstić information content (AvgIpc) is 4.25. The number of methoxy groups -OCH3 is 1. The second-order valence-corrected chi connectivity index (χ2v) is 18.3. The zero-order valence-corrected chi connectivity index (χ0v) is 41.8. The minimum Gasteiger partial charge on any atom is -0.459 e. The summed E-state index contributed by atoms with van der Waals surface area (Å²) in [4.78, 5) is 82.2. The van der Waals surface area contributed by atoms with Gasteiger partial charge in [0.05, 0.1) is 46.6 Å². The van der Waals surface area contributed by atoms with E-state index in [4.69, 9.17) is 61.6 Å². The fourth-order valence-corrected chi connectivity index (χ4v) is 9.32. The fourth-order valence-electron chi connectivity index (χ4n) is 9.32. The van der Waals surface area contributed by atoms with Crippen LogP contribution in [0.4, 0.5) is 0 Å². The van der Waals surface area contributed by atoms with E-state index < -0.39 is 129 Å². The maximum Gasteiger partial charge on any atom is 0.338 e. The van der Waals surface area contributed by atoms with Crippen LogP contribution in [0.15, 0.2) is 182 Å². The molecule has 0 bridgehead atoms. The smallest absolute Gasteiger partial charge is 0.338 e. The fraction of sp³-hybridized carbons (Fsp3) is 0.288. The number of esters is 6. The number of hydrogen-bond acceptors (Lipinski definition) is 19. The number of carbonyl (C=O) groups is 6. The molecule has 0 spiro atoms. The van der Waals surface area contributed by atoms with Crippen LogP contribution in [0.2, 0.25) is 0 Å². The zero-order valence-electron chi connectivity index (χ0n) is 41.8. The minimum absolute atomic E-state index is 0.154. The van der Waals surface area contributed by atoms with Crippen molar-refractivity contribution >= 4 is 35.8 Å². The molecule has 0 saturated carbocycles. The Bertz CT molecular complexity index is 3010. The molecule has 0 unspecified atom stereocenters. The lowest BCUT2D eigenvalue weighted by atomic mass is 9.88. The summed E-state index contributed by atoms with van der Waals surface area (Å²) in [5, 5.41) is 0. The van der Waals surface area contributed by atoms with Gasteiger partial charge in [0.1, 0.15) is 37.6 Å². The lowest BCUT2D eigenvalue weighted by Gasteiger charge is -2.47. The third-order valence-electron chi connectivity index (χ3n) is 13.4. The van der Waals surface area contributed by atoms with Crippen LogP contribution in [-0.4, -0.2) is 143 Å². The monoisotopic (exact) mass is 1060 g/mol. The first-order valence-electron chi connectivity index (χ1n) is 25.0. The summed E-state index contributed by atoms with van der Waals surface area (Å²) in [5.41, 5.74) is -0.419. The van der Waals surface area contributed by atoms with Crippen molar-refractivity contribution in [3.8, 4) is 0 Å². The van der Waals surface area contributed by atoms with E-state index in [-0.39, 0.29) is 40.0 Å². The molecule has 0 aromatic heterocycles. The van der Waals surface area contributed by atoms with E-state index in [9.17, 15) is 28.8 Å². The lowest BCUT2D eigenvalue weighted by molar-refractivity contribution is -0.330. The van der Waals surface area contributed by atoms with Crippen molar-refractivity contribution in [2.75, 3.05) is 33.5 Å². The number of hydrogen-bond donors (Lipinski definition) is 0. The standard InChI is InChI=1S/C59H52O19/c1-66-58-49-59(35-70-49,78-57-48(77-55(65)41-30-18-7-19-31-41)46(75-53(63)39-26-14-5-15-27-39)43(72-57)33-68-51(61)37-22-10-3-11-23-37)44(73-58)34-69-56-47(76-54(64)40-28-16-6-17-29-40)45(74-52(62)38-24-12-4-13-25-38)42(71-56)32-67-50(60)36-20-8-2-9-21-36/h2-31,42-49,56-58H,32-35H2,1H3/t42-,43-,44-,45-,46-,47+,48+,49+,56+,57-,58+,59+/m1/s1. The van der Waals surface area contributed by atoms with Crippen LogP contribution in [0.25, 0.3) is 0 Å². The number of ether oxygens (including phenoxy) is 13. The van der Waals surface area contributed by atoms with E-state index in [0.29, 0.717) is 0 Å². The van der Waals surface area contributed by atoms with Gasteiger partial charge in [0.25, 0.3) is 0 Å². The van der Waals surface area contributed by atoms with Gasteiger partial charge in [-0.3, -0.25) is 0 Å². The minimum atomic E-state index is -1.58. The highest BCUT2D eigenvalue weighted by Crippen LogP contribution is 2.47. The highest BCUT2D eigenvalue weighted by Gasteiger charge is 2.69. The summed E-state index contributed by atoms with van der Waals surface area (Å²) in [5.74, 6) is -4.65. The summed E-state index contributed by atoms with van der Waals surface area (Å²) < 4.78 is 80.4. The van der Waals surface area contributed by atoms with Crippen LogP contribution >= 0.6 is 0 Å². The molecule has 12 atom stereocenters. The number of benzene rings is 6. The SMILES string of the molecule is CO[C@H]1O[C@H](CO[C@H]2O[C@H](COC(=O)c3ccccc3)[C@@H](OC(=O)c3ccccc3)[C@@H]2OC(=O)c2ccccc2)[C@@]2(O[C@H]3O[C@H](COC(=O)c4ccccc4)[C@@H](OC(=O)c4ccccc4)[C@@H]3OC(=O)c3ccccc3)CO[C@@H]12. The summed E-state index contributed by atoms with van der Waals surface area (Å²) >= 11 is 0. The van der Waals surface area contributed by atoms with Gasteiger partial charge in [-0.1, -0.05) is 109 Å². The van der Waals surface area contributed by atoms with Crippen LogP contribution in [0.1, 0.15) is 62.1 Å². The third-order valence-corrected chi connectivity index (χ3v) is 13.4. The number of carbonyl (C=O) groups excluding carboxylic acids is 6. The second-order valence-electron chi connectivity index (χ2n) is 18.3. The summed E-state index contributed by atoms with van der Waals surface area (Å²) in [7, 11) is 1.39. The highest BCUT2D eigenvalue weighted by atomic mass is 16.8. The van der Waals surface area contributed by atoms with E-state index in [1.807, 2.05) is 0 Å². The molecule has 0 radical (unpaired) electrons. The molecule has 4 saturated heterocycles. The molecular weight excluding hydrogens is 1010 g/mol.